The SMILES string of the molecule is COc1ccccc1N(CCCN)c1ccc(F)cn1. The Kier molecular flexibility index (Phi) is 4.90. The lowest BCUT2D eigenvalue weighted by atomic mass is 10.2. The highest BCUT2D eigenvalue weighted by molar-refractivity contribution is 5.66. The number of anilines is 2. The lowest BCUT2D eigenvalue weighted by Gasteiger charge is -2.25. The van der Waals surface area contributed by atoms with Gasteiger partial charge in [-0.05, 0) is 37.2 Å². The molecule has 0 amide bonds. The molecule has 2 N–H and O–H groups in total. The molecule has 0 radical (unpaired) electrons. The van der Waals surface area contributed by atoms with Gasteiger partial charge < -0.3 is 15.4 Å². The summed E-state index contributed by atoms with van der Waals surface area (Å²) in [6.07, 6.45) is 2.01. The normalized spacial score (nSPS) is 10.3. The van der Waals surface area contributed by atoms with E-state index in [1.165, 1.54) is 12.3 Å². The van der Waals surface area contributed by atoms with Crippen molar-refractivity contribution in [3.05, 3.63) is 48.4 Å². The molecule has 0 spiro atoms. The zero-order valence-corrected chi connectivity index (χ0v) is 11.4. The van der Waals surface area contributed by atoms with Gasteiger partial charge in [0.25, 0.3) is 0 Å². The van der Waals surface area contributed by atoms with Gasteiger partial charge >= 0.3 is 0 Å². The van der Waals surface area contributed by atoms with Crippen molar-refractivity contribution < 1.29 is 9.13 Å². The summed E-state index contributed by atoms with van der Waals surface area (Å²) < 4.78 is 18.4. The number of methoxy groups -OCH3 is 1. The molecule has 2 aromatic rings. The second kappa shape index (κ2) is 6.86. The molecule has 1 aromatic carbocycles. The van der Waals surface area contributed by atoms with E-state index in [9.17, 15) is 4.39 Å². The van der Waals surface area contributed by atoms with E-state index in [0.29, 0.717) is 18.9 Å². The summed E-state index contributed by atoms with van der Waals surface area (Å²) in [5.74, 6) is 1.06. The highest BCUT2D eigenvalue weighted by Crippen LogP contribution is 2.32. The highest BCUT2D eigenvalue weighted by Gasteiger charge is 2.14. The van der Waals surface area contributed by atoms with Gasteiger partial charge in [0.15, 0.2) is 0 Å². The number of nitrogens with zero attached hydrogens (tertiary/aromatic N) is 2. The van der Waals surface area contributed by atoms with Crippen molar-refractivity contribution in [3.8, 4) is 5.75 Å². The van der Waals surface area contributed by atoms with Gasteiger partial charge in [0.1, 0.15) is 17.4 Å². The van der Waals surface area contributed by atoms with E-state index in [-0.39, 0.29) is 5.82 Å². The molecule has 0 aliphatic rings. The van der Waals surface area contributed by atoms with E-state index >= 15 is 0 Å². The Morgan fingerprint density at radius 1 is 1.25 bits per heavy atom. The fraction of sp³-hybridized carbons (Fsp3) is 0.267. The van der Waals surface area contributed by atoms with Crippen LogP contribution >= 0.6 is 0 Å². The van der Waals surface area contributed by atoms with Crippen molar-refractivity contribution in [2.75, 3.05) is 25.1 Å². The summed E-state index contributed by atoms with van der Waals surface area (Å²) in [4.78, 5) is 6.12. The number of halogens is 1. The van der Waals surface area contributed by atoms with Crippen LogP contribution in [0.15, 0.2) is 42.6 Å². The lowest BCUT2D eigenvalue weighted by molar-refractivity contribution is 0.415. The van der Waals surface area contributed by atoms with Crippen molar-refractivity contribution in [2.24, 2.45) is 5.73 Å². The number of para-hydroxylation sites is 2. The van der Waals surface area contributed by atoms with Crippen LogP contribution in [-0.2, 0) is 0 Å². The Hall–Kier alpha value is -2.14. The Morgan fingerprint density at radius 3 is 2.70 bits per heavy atom. The van der Waals surface area contributed by atoms with Crippen molar-refractivity contribution in [1.82, 2.24) is 4.98 Å². The molecule has 5 heteroatoms. The molecule has 0 fully saturated rings. The lowest BCUT2D eigenvalue weighted by Crippen LogP contribution is -2.22. The Labute approximate surface area is 118 Å². The Morgan fingerprint density at radius 2 is 2.05 bits per heavy atom. The molecule has 0 aliphatic heterocycles. The molecule has 0 aliphatic carbocycles. The van der Waals surface area contributed by atoms with Gasteiger partial charge in [-0.15, -0.1) is 0 Å². The first-order chi connectivity index (χ1) is 9.76. The third-order valence-electron chi connectivity index (χ3n) is 2.95. The Bertz CT molecular complexity index is 545. The number of nitrogens with two attached hydrogens (primary N) is 1. The number of benzene rings is 1. The summed E-state index contributed by atoms with van der Waals surface area (Å²) in [5.41, 5.74) is 6.48. The fourth-order valence-corrected chi connectivity index (χ4v) is 1.99. The van der Waals surface area contributed by atoms with Gasteiger partial charge in [-0.2, -0.15) is 0 Å². The van der Waals surface area contributed by atoms with Gasteiger partial charge in [0.2, 0.25) is 0 Å². The number of pyridine rings is 1. The quantitative estimate of drug-likeness (QED) is 0.880. The van der Waals surface area contributed by atoms with E-state index in [1.54, 1.807) is 13.2 Å². The monoisotopic (exact) mass is 275 g/mol. The van der Waals surface area contributed by atoms with Crippen LogP contribution < -0.4 is 15.4 Å². The molecule has 2 rings (SSSR count). The predicted molar refractivity (Wildman–Crippen MR) is 77.9 cm³/mol. The number of rotatable bonds is 6. The molecule has 0 atom stereocenters. The first kappa shape index (κ1) is 14.3. The minimum Gasteiger partial charge on any atom is -0.495 e. The zero-order chi connectivity index (χ0) is 14.4. The summed E-state index contributed by atoms with van der Waals surface area (Å²) in [5, 5.41) is 0. The van der Waals surface area contributed by atoms with Gasteiger partial charge in [-0.25, -0.2) is 9.37 Å². The van der Waals surface area contributed by atoms with Crippen molar-refractivity contribution in [2.45, 2.75) is 6.42 Å². The van der Waals surface area contributed by atoms with Crippen molar-refractivity contribution in [1.29, 1.82) is 0 Å². The largest absolute Gasteiger partial charge is 0.495 e. The minimum absolute atomic E-state index is 0.354. The number of aromatic nitrogens is 1. The van der Waals surface area contributed by atoms with Crippen LogP contribution in [-0.4, -0.2) is 25.2 Å². The summed E-state index contributed by atoms with van der Waals surface area (Å²) >= 11 is 0. The number of hydrogen-bond acceptors (Lipinski definition) is 4. The number of ether oxygens (including phenoxy) is 1. The second-order valence-corrected chi connectivity index (χ2v) is 4.30. The van der Waals surface area contributed by atoms with Crippen LogP contribution in [0, 0.1) is 5.82 Å². The van der Waals surface area contributed by atoms with Crippen LogP contribution in [0.1, 0.15) is 6.42 Å². The molecular weight excluding hydrogens is 257 g/mol. The van der Waals surface area contributed by atoms with E-state index in [0.717, 1.165) is 17.9 Å². The highest BCUT2D eigenvalue weighted by atomic mass is 19.1. The topological polar surface area (TPSA) is 51.4 Å². The Balaban J connectivity index is 2.38. The minimum atomic E-state index is -0.354. The second-order valence-electron chi connectivity index (χ2n) is 4.30. The maximum atomic E-state index is 13.0. The maximum absolute atomic E-state index is 13.0. The average Bonchev–Trinajstić information content (AvgIpc) is 2.50. The fourth-order valence-electron chi connectivity index (χ4n) is 1.99. The molecule has 20 heavy (non-hydrogen) atoms. The number of hydrogen-bond donors (Lipinski definition) is 1. The first-order valence-corrected chi connectivity index (χ1v) is 6.48. The van der Waals surface area contributed by atoms with Crippen LogP contribution in [0.4, 0.5) is 15.9 Å². The van der Waals surface area contributed by atoms with E-state index in [4.69, 9.17) is 10.5 Å². The molecule has 106 valence electrons. The van der Waals surface area contributed by atoms with Gasteiger partial charge in [0.05, 0.1) is 19.0 Å². The van der Waals surface area contributed by atoms with E-state index < -0.39 is 0 Å². The molecule has 0 saturated carbocycles. The van der Waals surface area contributed by atoms with Crippen LogP contribution in [0.25, 0.3) is 0 Å². The zero-order valence-electron chi connectivity index (χ0n) is 11.4. The van der Waals surface area contributed by atoms with Gasteiger partial charge in [0, 0.05) is 6.54 Å². The third kappa shape index (κ3) is 3.24. The van der Waals surface area contributed by atoms with Crippen molar-refractivity contribution >= 4 is 11.5 Å². The molecule has 0 unspecified atom stereocenters. The molecule has 1 heterocycles. The van der Waals surface area contributed by atoms with E-state index in [2.05, 4.69) is 4.98 Å². The smallest absolute Gasteiger partial charge is 0.142 e. The maximum Gasteiger partial charge on any atom is 0.142 e. The average molecular weight is 275 g/mol. The summed E-state index contributed by atoms with van der Waals surface area (Å²) in [7, 11) is 1.62. The standard InChI is InChI=1S/C15H18FN3O/c1-20-14-6-3-2-5-13(14)19(10-4-9-17)15-8-7-12(16)11-18-15/h2-3,5-8,11H,4,9-10,17H2,1H3. The summed E-state index contributed by atoms with van der Waals surface area (Å²) in [6.45, 7) is 1.27. The molecule has 4 nitrogen and oxygen atoms in total. The van der Waals surface area contributed by atoms with Crippen molar-refractivity contribution in [3.63, 3.8) is 0 Å². The molecule has 1 aromatic heterocycles. The van der Waals surface area contributed by atoms with Crippen LogP contribution in [0.3, 0.4) is 0 Å². The predicted octanol–water partition coefficient (Wildman–Crippen LogP) is 2.72. The van der Waals surface area contributed by atoms with Gasteiger partial charge in [-0.1, -0.05) is 12.1 Å². The third-order valence-corrected chi connectivity index (χ3v) is 2.95. The van der Waals surface area contributed by atoms with Gasteiger partial charge in [-0.3, -0.25) is 0 Å². The molecule has 0 saturated heterocycles. The summed E-state index contributed by atoms with van der Waals surface area (Å²) in [6, 6.07) is 10.7. The van der Waals surface area contributed by atoms with Crippen LogP contribution in [0.5, 0.6) is 5.75 Å². The molecular formula is C15H18FN3O. The first-order valence-electron chi connectivity index (χ1n) is 6.48. The van der Waals surface area contributed by atoms with Crippen LogP contribution in [0.2, 0.25) is 0 Å². The molecule has 0 bridgehead atoms. The van der Waals surface area contributed by atoms with E-state index in [1.807, 2.05) is 29.2 Å².